The molecule has 11 heteroatoms. The molecule has 4 atom stereocenters. The number of fused-ring (bicyclic) bond motifs is 3. The van der Waals surface area contributed by atoms with Crippen LogP contribution >= 0.6 is 0 Å². The third-order valence-corrected chi connectivity index (χ3v) is 8.40. The standard InChI is InChI=1S/C27H33N3O8/c1-30(2)20-15-7-12-6-14-18(16(31)8-13(23(14)38-3)10-29-9-11-4-5-11)21(32)17(12)24(34)27(15,37)25(35)19(22(20)33)26(28)36/h8,11-12,15,20,29,31-32,35,37H,4-7,9-10H2,1-3H3,(H2,28,36)/t12-,15-,20-,27-/m0/s1. The number of phenolic OH excluding ortho intramolecular Hbond substituents is 1. The number of carbonyl (C=O) groups is 3. The molecule has 4 aliphatic carbocycles. The second-order valence-corrected chi connectivity index (χ2v) is 11.0. The zero-order chi connectivity index (χ0) is 27.7. The number of amides is 1. The first-order valence-electron chi connectivity index (χ1n) is 12.7. The van der Waals surface area contributed by atoms with E-state index in [0.717, 1.165) is 6.54 Å². The first-order valence-corrected chi connectivity index (χ1v) is 12.7. The summed E-state index contributed by atoms with van der Waals surface area (Å²) in [6, 6.07) is 0.351. The zero-order valence-corrected chi connectivity index (χ0v) is 21.6. The Labute approximate surface area is 219 Å². The maximum Gasteiger partial charge on any atom is 0.255 e. The highest BCUT2D eigenvalue weighted by Gasteiger charge is 2.64. The number of benzene rings is 1. The molecule has 0 radical (unpaired) electrons. The molecule has 1 aromatic rings. The van der Waals surface area contributed by atoms with Gasteiger partial charge >= 0.3 is 0 Å². The number of carbonyl (C=O) groups excluding carboxylic acids is 3. The molecular weight excluding hydrogens is 494 g/mol. The molecule has 5 rings (SSSR count). The van der Waals surface area contributed by atoms with Gasteiger partial charge in [0.15, 0.2) is 11.4 Å². The summed E-state index contributed by atoms with van der Waals surface area (Å²) >= 11 is 0. The number of Topliss-reactive ketones (excluding diaryl/α,β-unsaturated/α-hetero) is 2. The molecule has 0 spiro atoms. The van der Waals surface area contributed by atoms with Crippen molar-refractivity contribution < 1.29 is 39.5 Å². The summed E-state index contributed by atoms with van der Waals surface area (Å²) in [7, 11) is 4.62. The molecule has 0 aromatic heterocycles. The minimum atomic E-state index is -2.66. The number of phenols is 1. The molecule has 0 unspecified atom stereocenters. The van der Waals surface area contributed by atoms with Gasteiger partial charge in [0.25, 0.3) is 5.91 Å². The lowest BCUT2D eigenvalue weighted by molar-refractivity contribution is -0.153. The number of ketones is 2. The fourth-order valence-electron chi connectivity index (χ4n) is 6.47. The number of nitrogens with two attached hydrogens (primary N) is 1. The minimum absolute atomic E-state index is 0.0177. The van der Waals surface area contributed by atoms with Gasteiger partial charge < -0.3 is 36.2 Å². The monoisotopic (exact) mass is 527 g/mol. The van der Waals surface area contributed by atoms with Crippen molar-refractivity contribution in [1.29, 1.82) is 0 Å². The number of likely N-dealkylation sites (N-methyl/N-ethyl adjacent to an activating group) is 1. The summed E-state index contributed by atoms with van der Waals surface area (Å²) < 4.78 is 5.71. The predicted molar refractivity (Wildman–Crippen MR) is 135 cm³/mol. The summed E-state index contributed by atoms with van der Waals surface area (Å²) in [5, 5.41) is 48.2. The number of hydrogen-bond acceptors (Lipinski definition) is 10. The molecule has 38 heavy (non-hydrogen) atoms. The van der Waals surface area contributed by atoms with E-state index in [0.29, 0.717) is 29.3 Å². The Morgan fingerprint density at radius 2 is 1.92 bits per heavy atom. The Balaban J connectivity index is 1.64. The summed E-state index contributed by atoms with van der Waals surface area (Å²) in [6.45, 7) is 1.29. The van der Waals surface area contributed by atoms with Gasteiger partial charge in [0.05, 0.1) is 18.7 Å². The second-order valence-electron chi connectivity index (χ2n) is 11.0. The van der Waals surface area contributed by atoms with Crippen LogP contribution in [0.15, 0.2) is 23.0 Å². The maximum absolute atomic E-state index is 13.9. The molecule has 7 N–H and O–H groups in total. The average Bonchev–Trinajstić information content (AvgIpc) is 3.65. The van der Waals surface area contributed by atoms with E-state index in [1.54, 1.807) is 14.1 Å². The van der Waals surface area contributed by atoms with Crippen molar-refractivity contribution in [3.05, 3.63) is 39.7 Å². The number of aliphatic hydroxyl groups excluding tert-OH is 2. The quantitative estimate of drug-likeness (QED) is 0.273. The summed E-state index contributed by atoms with van der Waals surface area (Å²) in [6.07, 6.45) is 2.58. The molecule has 11 nitrogen and oxygen atoms in total. The van der Waals surface area contributed by atoms with Crippen molar-refractivity contribution >= 4 is 23.2 Å². The van der Waals surface area contributed by atoms with Crippen LogP contribution in [0.5, 0.6) is 11.5 Å². The first-order chi connectivity index (χ1) is 17.9. The van der Waals surface area contributed by atoms with Crippen LogP contribution in [0.3, 0.4) is 0 Å². The van der Waals surface area contributed by atoms with Gasteiger partial charge in [-0.15, -0.1) is 0 Å². The van der Waals surface area contributed by atoms with Crippen LogP contribution in [0.2, 0.25) is 0 Å². The Bertz CT molecular complexity index is 1310. The van der Waals surface area contributed by atoms with E-state index in [-0.39, 0.29) is 29.7 Å². The molecule has 1 amide bonds. The van der Waals surface area contributed by atoms with Crippen molar-refractivity contribution in [3.63, 3.8) is 0 Å². The highest BCUT2D eigenvalue weighted by Crippen LogP contribution is 2.54. The minimum Gasteiger partial charge on any atom is -0.508 e. The van der Waals surface area contributed by atoms with Crippen molar-refractivity contribution in [2.24, 2.45) is 23.5 Å². The second kappa shape index (κ2) is 9.11. The van der Waals surface area contributed by atoms with E-state index in [9.17, 15) is 34.8 Å². The smallest absolute Gasteiger partial charge is 0.255 e. The van der Waals surface area contributed by atoms with E-state index in [2.05, 4.69) is 5.32 Å². The number of aliphatic hydroxyl groups is 3. The Morgan fingerprint density at radius 3 is 2.50 bits per heavy atom. The maximum atomic E-state index is 13.9. The number of aromatic hydroxyl groups is 1. The third-order valence-electron chi connectivity index (χ3n) is 8.40. The highest BCUT2D eigenvalue weighted by atomic mass is 16.5. The fourth-order valence-corrected chi connectivity index (χ4v) is 6.47. The topological polar surface area (TPSA) is 183 Å². The molecule has 4 aliphatic rings. The zero-order valence-electron chi connectivity index (χ0n) is 21.6. The van der Waals surface area contributed by atoms with Gasteiger partial charge in [0.1, 0.15) is 28.6 Å². The Kier molecular flexibility index (Phi) is 6.28. The molecule has 204 valence electrons. The van der Waals surface area contributed by atoms with Crippen LogP contribution in [0.4, 0.5) is 0 Å². The third kappa shape index (κ3) is 3.71. The van der Waals surface area contributed by atoms with Crippen molar-refractivity contribution in [3.8, 4) is 11.5 Å². The Morgan fingerprint density at radius 1 is 1.24 bits per heavy atom. The van der Waals surface area contributed by atoms with Crippen molar-refractivity contribution in [2.75, 3.05) is 27.7 Å². The fraction of sp³-hybridized carbons (Fsp3) is 0.519. The molecule has 2 saturated carbocycles. The van der Waals surface area contributed by atoms with Gasteiger partial charge in [0.2, 0.25) is 5.78 Å². The largest absolute Gasteiger partial charge is 0.508 e. The number of rotatable bonds is 7. The normalized spacial score (nSPS) is 28.8. The lowest BCUT2D eigenvalue weighted by atomic mass is 9.57. The van der Waals surface area contributed by atoms with E-state index < -0.39 is 58.0 Å². The molecule has 1 aromatic carbocycles. The van der Waals surface area contributed by atoms with E-state index in [1.165, 1.54) is 30.9 Å². The van der Waals surface area contributed by atoms with Crippen LogP contribution in [-0.4, -0.2) is 82.2 Å². The van der Waals surface area contributed by atoms with E-state index >= 15 is 0 Å². The van der Waals surface area contributed by atoms with Gasteiger partial charge in [-0.3, -0.25) is 19.3 Å². The van der Waals surface area contributed by atoms with Crippen LogP contribution < -0.4 is 15.8 Å². The van der Waals surface area contributed by atoms with Crippen LogP contribution in [0.25, 0.3) is 5.76 Å². The highest BCUT2D eigenvalue weighted by molar-refractivity contribution is 6.24. The molecule has 0 heterocycles. The summed E-state index contributed by atoms with van der Waals surface area (Å²) in [5.74, 6) is -5.62. The van der Waals surface area contributed by atoms with Crippen LogP contribution in [0.1, 0.15) is 36.0 Å². The molecule has 0 bridgehead atoms. The van der Waals surface area contributed by atoms with Gasteiger partial charge in [-0.25, -0.2) is 0 Å². The number of hydrogen-bond donors (Lipinski definition) is 6. The molecule has 0 saturated heterocycles. The van der Waals surface area contributed by atoms with E-state index in [4.69, 9.17) is 10.5 Å². The number of ether oxygens (including phenoxy) is 1. The van der Waals surface area contributed by atoms with Crippen molar-refractivity contribution in [1.82, 2.24) is 10.2 Å². The Hall–Kier alpha value is -3.41. The average molecular weight is 528 g/mol. The number of nitrogens with one attached hydrogen (secondary N) is 1. The SMILES string of the molecule is COc1c(CNCC2CC2)cc(O)c2c1C[C@H]1C[C@H]3[C@H](N(C)C)C(=O)C(C(N)=O)=C(O)[C@@]3(O)C(=O)C1=C2O. The number of primary amides is 1. The van der Waals surface area contributed by atoms with E-state index in [1.807, 2.05) is 0 Å². The van der Waals surface area contributed by atoms with Crippen LogP contribution in [0, 0.1) is 17.8 Å². The number of nitrogens with zero attached hydrogens (tertiary/aromatic N) is 1. The van der Waals surface area contributed by atoms with Gasteiger partial charge in [-0.05, 0) is 64.2 Å². The molecule has 2 fully saturated rings. The first kappa shape index (κ1) is 26.2. The van der Waals surface area contributed by atoms with Gasteiger partial charge in [-0.1, -0.05) is 0 Å². The van der Waals surface area contributed by atoms with Crippen LogP contribution in [-0.2, 0) is 27.3 Å². The predicted octanol–water partition coefficient (Wildman–Crippen LogP) is 0.472. The van der Waals surface area contributed by atoms with Crippen molar-refractivity contribution in [2.45, 2.75) is 43.9 Å². The lowest BCUT2D eigenvalue weighted by Gasteiger charge is -2.50. The van der Waals surface area contributed by atoms with Gasteiger partial charge in [0, 0.05) is 29.2 Å². The summed E-state index contributed by atoms with van der Waals surface area (Å²) in [4.78, 5) is 40.6. The lowest BCUT2D eigenvalue weighted by Crippen LogP contribution is -2.65. The number of methoxy groups -OCH3 is 1. The molecule has 0 aliphatic heterocycles. The molecular formula is C27H33N3O8. The summed E-state index contributed by atoms with van der Waals surface area (Å²) in [5.41, 5.74) is 2.90. The van der Waals surface area contributed by atoms with Gasteiger partial charge in [-0.2, -0.15) is 0 Å².